The number of nitrogens with zero attached hydrogens (tertiary/aromatic N) is 1. The maximum atomic E-state index is 8.72. The van der Waals surface area contributed by atoms with E-state index in [0.717, 1.165) is 5.76 Å². The van der Waals surface area contributed by atoms with E-state index < -0.39 is 7.12 Å². The van der Waals surface area contributed by atoms with Gasteiger partial charge in [-0.3, -0.25) is 0 Å². The average Bonchev–Trinajstić information content (AvgIpc) is 2.34. The lowest BCUT2D eigenvalue weighted by molar-refractivity contribution is 0.348. The summed E-state index contributed by atoms with van der Waals surface area (Å²) in [6.45, 7) is 0.659. The maximum absolute atomic E-state index is 8.72. The van der Waals surface area contributed by atoms with Gasteiger partial charge in [0.15, 0.2) is 0 Å². The molecule has 0 saturated heterocycles. The molecule has 1 aromatic heterocycles. The molecule has 0 fully saturated rings. The van der Waals surface area contributed by atoms with E-state index in [0.29, 0.717) is 6.54 Å². The predicted molar refractivity (Wildman–Crippen MR) is 45.9 cm³/mol. The molecule has 1 heterocycles. The number of hydrogen-bond donors (Lipinski definition) is 2. The number of rotatable bonds is 3. The summed E-state index contributed by atoms with van der Waals surface area (Å²) in [6.07, 6.45) is 0. The molecule has 0 aliphatic carbocycles. The molecular weight excluding hydrogens is 157 g/mol. The van der Waals surface area contributed by atoms with E-state index in [1.54, 1.807) is 12.1 Å². The summed E-state index contributed by atoms with van der Waals surface area (Å²) in [6, 6.07) is 3.29. The van der Waals surface area contributed by atoms with E-state index in [1.807, 2.05) is 19.0 Å². The lowest BCUT2D eigenvalue weighted by Gasteiger charge is -2.05. The minimum atomic E-state index is -1.51. The minimum absolute atomic E-state index is 0.187. The Labute approximate surface area is 71.6 Å². The number of hydrogen-bond acceptors (Lipinski definition) is 4. The highest BCUT2D eigenvalue weighted by atomic mass is 16.4. The van der Waals surface area contributed by atoms with Crippen LogP contribution in [0.4, 0.5) is 0 Å². The van der Waals surface area contributed by atoms with Gasteiger partial charge in [0.1, 0.15) is 11.4 Å². The van der Waals surface area contributed by atoms with Crippen LogP contribution >= 0.6 is 0 Å². The fraction of sp³-hybridized carbons (Fsp3) is 0.429. The molecule has 12 heavy (non-hydrogen) atoms. The van der Waals surface area contributed by atoms with Crippen molar-refractivity contribution in [2.24, 2.45) is 0 Å². The zero-order valence-corrected chi connectivity index (χ0v) is 7.19. The van der Waals surface area contributed by atoms with Crippen LogP contribution in [0.3, 0.4) is 0 Å². The first-order chi connectivity index (χ1) is 5.59. The Balaban J connectivity index is 2.64. The third-order valence-corrected chi connectivity index (χ3v) is 1.41. The summed E-state index contributed by atoms with van der Waals surface area (Å²) in [7, 11) is 2.32. The second kappa shape index (κ2) is 3.75. The Hall–Kier alpha value is -0.775. The topological polar surface area (TPSA) is 56.8 Å². The molecular formula is C7H12BNO3. The van der Waals surface area contributed by atoms with E-state index in [2.05, 4.69) is 0 Å². The van der Waals surface area contributed by atoms with Gasteiger partial charge in [0.25, 0.3) is 0 Å². The van der Waals surface area contributed by atoms with Crippen molar-refractivity contribution in [1.29, 1.82) is 0 Å². The summed E-state index contributed by atoms with van der Waals surface area (Å²) in [5, 5.41) is 17.4. The van der Waals surface area contributed by atoms with Gasteiger partial charge in [-0.15, -0.1) is 0 Å². The second-order valence-corrected chi connectivity index (χ2v) is 2.92. The average molecular weight is 169 g/mol. The zero-order chi connectivity index (χ0) is 9.14. The Kier molecular flexibility index (Phi) is 2.91. The van der Waals surface area contributed by atoms with Gasteiger partial charge in [0, 0.05) is 0 Å². The smallest absolute Gasteiger partial charge is 0.468 e. The fourth-order valence-electron chi connectivity index (χ4n) is 0.930. The molecule has 4 nitrogen and oxygen atoms in total. The SMILES string of the molecule is CN(C)Cc1ccc(B(O)O)o1. The standard InChI is InChI=1S/C7H12BNO3/c1-9(2)5-6-3-4-7(12-6)8(10)11/h3-4,10-11H,5H2,1-2H3. The van der Waals surface area contributed by atoms with Gasteiger partial charge in [-0.25, -0.2) is 0 Å². The van der Waals surface area contributed by atoms with Crippen molar-refractivity contribution in [1.82, 2.24) is 4.90 Å². The van der Waals surface area contributed by atoms with Gasteiger partial charge in [0.05, 0.1) is 6.54 Å². The monoisotopic (exact) mass is 169 g/mol. The number of furan rings is 1. The highest BCUT2D eigenvalue weighted by Crippen LogP contribution is 2.00. The molecule has 0 aliphatic rings. The molecule has 5 heteroatoms. The van der Waals surface area contributed by atoms with Gasteiger partial charge in [0.2, 0.25) is 0 Å². The third kappa shape index (κ3) is 2.37. The van der Waals surface area contributed by atoms with Crippen molar-refractivity contribution in [3.8, 4) is 0 Å². The molecule has 0 aliphatic heterocycles. The summed E-state index contributed by atoms with van der Waals surface area (Å²) in [5.74, 6) is 0.725. The predicted octanol–water partition coefficient (Wildman–Crippen LogP) is -0.979. The minimum Gasteiger partial charge on any atom is -0.468 e. The van der Waals surface area contributed by atoms with Gasteiger partial charge in [-0.1, -0.05) is 0 Å². The highest BCUT2D eigenvalue weighted by molar-refractivity contribution is 6.56. The molecule has 1 rings (SSSR count). The van der Waals surface area contributed by atoms with E-state index in [9.17, 15) is 0 Å². The summed E-state index contributed by atoms with van der Waals surface area (Å²) < 4.78 is 5.11. The highest BCUT2D eigenvalue weighted by Gasteiger charge is 2.15. The van der Waals surface area contributed by atoms with Crippen LogP contribution in [-0.2, 0) is 6.54 Å². The molecule has 0 aromatic carbocycles. The fourth-order valence-corrected chi connectivity index (χ4v) is 0.930. The van der Waals surface area contributed by atoms with Crippen molar-refractivity contribution in [2.75, 3.05) is 14.1 Å². The molecule has 0 bridgehead atoms. The van der Waals surface area contributed by atoms with Crippen molar-refractivity contribution in [3.63, 3.8) is 0 Å². The Bertz CT molecular complexity index is 247. The lowest BCUT2D eigenvalue weighted by Crippen LogP contribution is -2.28. The van der Waals surface area contributed by atoms with Gasteiger partial charge < -0.3 is 19.4 Å². The quantitative estimate of drug-likeness (QED) is 0.571. The van der Waals surface area contributed by atoms with Crippen LogP contribution in [0.5, 0.6) is 0 Å². The van der Waals surface area contributed by atoms with Crippen LogP contribution in [-0.4, -0.2) is 36.2 Å². The van der Waals surface area contributed by atoms with Gasteiger partial charge in [-0.05, 0) is 26.2 Å². The Morgan fingerprint density at radius 1 is 1.42 bits per heavy atom. The first-order valence-electron chi connectivity index (χ1n) is 3.69. The Morgan fingerprint density at radius 2 is 2.08 bits per heavy atom. The first-order valence-corrected chi connectivity index (χ1v) is 3.69. The Morgan fingerprint density at radius 3 is 2.50 bits per heavy atom. The summed E-state index contributed by atoms with van der Waals surface area (Å²) >= 11 is 0. The van der Waals surface area contributed by atoms with Crippen molar-refractivity contribution >= 4 is 12.8 Å². The molecule has 0 saturated carbocycles. The molecule has 0 amide bonds. The second-order valence-electron chi connectivity index (χ2n) is 2.92. The molecule has 66 valence electrons. The largest absolute Gasteiger partial charge is 0.526 e. The van der Waals surface area contributed by atoms with Crippen LogP contribution < -0.4 is 5.66 Å². The van der Waals surface area contributed by atoms with Crippen LogP contribution in [0.25, 0.3) is 0 Å². The molecule has 0 spiro atoms. The van der Waals surface area contributed by atoms with E-state index in [4.69, 9.17) is 14.5 Å². The first kappa shape index (κ1) is 9.31. The summed E-state index contributed by atoms with van der Waals surface area (Å²) in [5.41, 5.74) is 0.187. The molecule has 0 unspecified atom stereocenters. The van der Waals surface area contributed by atoms with Gasteiger partial charge in [-0.2, -0.15) is 0 Å². The van der Waals surface area contributed by atoms with Crippen LogP contribution in [0.15, 0.2) is 16.5 Å². The normalized spacial score (nSPS) is 10.8. The van der Waals surface area contributed by atoms with Crippen molar-refractivity contribution in [3.05, 3.63) is 17.9 Å². The molecule has 0 atom stereocenters. The molecule has 1 aromatic rings. The van der Waals surface area contributed by atoms with Crippen molar-refractivity contribution in [2.45, 2.75) is 6.54 Å². The van der Waals surface area contributed by atoms with Crippen molar-refractivity contribution < 1.29 is 14.5 Å². The van der Waals surface area contributed by atoms with E-state index in [-0.39, 0.29) is 5.66 Å². The van der Waals surface area contributed by atoms with E-state index >= 15 is 0 Å². The molecule has 2 N–H and O–H groups in total. The van der Waals surface area contributed by atoms with E-state index in [1.165, 1.54) is 0 Å². The van der Waals surface area contributed by atoms with Crippen LogP contribution in [0.1, 0.15) is 5.76 Å². The summed E-state index contributed by atoms with van der Waals surface area (Å²) in [4.78, 5) is 1.94. The van der Waals surface area contributed by atoms with Gasteiger partial charge >= 0.3 is 7.12 Å². The lowest BCUT2D eigenvalue weighted by atomic mass is 9.88. The zero-order valence-electron chi connectivity index (χ0n) is 7.19. The third-order valence-electron chi connectivity index (χ3n) is 1.41. The van der Waals surface area contributed by atoms with Crippen LogP contribution in [0.2, 0.25) is 0 Å². The van der Waals surface area contributed by atoms with Crippen LogP contribution in [0, 0.1) is 0 Å². The maximum Gasteiger partial charge on any atom is 0.526 e. The molecule has 0 radical (unpaired) electrons.